The monoisotopic (exact) mass is 575 g/mol. The Kier molecular flexibility index (Phi) is 10.2. The molecule has 0 radical (unpaired) electrons. The van der Waals surface area contributed by atoms with E-state index in [0.29, 0.717) is 48.9 Å². The van der Waals surface area contributed by atoms with Gasteiger partial charge in [-0.15, -0.1) is 0 Å². The van der Waals surface area contributed by atoms with Crippen molar-refractivity contribution in [2.45, 2.75) is 19.6 Å². The number of anilines is 3. The molecule has 222 valence electrons. The second-order valence-electron chi connectivity index (χ2n) is 10.4. The highest BCUT2D eigenvalue weighted by Crippen LogP contribution is 2.33. The van der Waals surface area contributed by atoms with Gasteiger partial charge in [-0.2, -0.15) is 0 Å². The molecule has 3 aromatic rings. The van der Waals surface area contributed by atoms with Gasteiger partial charge < -0.3 is 25.2 Å². The zero-order valence-electron chi connectivity index (χ0n) is 24.4. The number of hydrogen-bond acceptors (Lipinski definition) is 9. The van der Waals surface area contributed by atoms with Gasteiger partial charge in [0.2, 0.25) is 0 Å². The maximum absolute atomic E-state index is 13.6. The van der Waals surface area contributed by atoms with Crippen molar-refractivity contribution in [3.05, 3.63) is 87.7 Å². The Bertz CT molecular complexity index is 1410. The van der Waals surface area contributed by atoms with Crippen LogP contribution in [0.25, 0.3) is 0 Å². The predicted molar refractivity (Wildman–Crippen MR) is 162 cm³/mol. The molecule has 0 bridgehead atoms. The molecule has 1 fully saturated rings. The van der Waals surface area contributed by atoms with Gasteiger partial charge in [-0.1, -0.05) is 12.1 Å². The average Bonchev–Trinajstić information content (AvgIpc) is 2.99. The van der Waals surface area contributed by atoms with Crippen molar-refractivity contribution >= 4 is 34.6 Å². The van der Waals surface area contributed by atoms with E-state index in [1.807, 2.05) is 25.9 Å². The summed E-state index contributed by atoms with van der Waals surface area (Å²) in [5.74, 6) is -0.902. The topological polar surface area (TPSA) is 133 Å². The molecule has 2 aromatic carbocycles. The summed E-state index contributed by atoms with van der Waals surface area (Å²) >= 11 is 0. The lowest BCUT2D eigenvalue weighted by Gasteiger charge is -2.35. The molecule has 1 atom stereocenters. The molecule has 12 nitrogen and oxygen atoms in total. The Labute approximate surface area is 245 Å². The summed E-state index contributed by atoms with van der Waals surface area (Å²) in [6, 6.07) is 13.3. The minimum absolute atomic E-state index is 0.0497. The second-order valence-corrected chi connectivity index (χ2v) is 10.4. The maximum Gasteiger partial charge on any atom is 0.305 e. The van der Waals surface area contributed by atoms with Crippen molar-refractivity contribution in [2.75, 3.05) is 69.0 Å². The Morgan fingerprint density at radius 3 is 2.55 bits per heavy atom. The van der Waals surface area contributed by atoms with Crippen molar-refractivity contribution in [3.63, 3.8) is 0 Å². The van der Waals surface area contributed by atoms with Crippen LogP contribution < -0.4 is 20.4 Å². The van der Waals surface area contributed by atoms with Crippen molar-refractivity contribution in [1.82, 2.24) is 15.2 Å². The predicted octanol–water partition coefficient (Wildman–Crippen LogP) is 3.53. The number of nitrogens with one attached hydrogen (secondary N) is 2. The fourth-order valence-corrected chi connectivity index (χ4v) is 4.81. The number of para-hydroxylation sites is 1. The number of aryl methyl sites for hydroxylation is 1. The van der Waals surface area contributed by atoms with Crippen LogP contribution in [0.15, 0.2) is 60.9 Å². The van der Waals surface area contributed by atoms with Crippen molar-refractivity contribution in [2.24, 2.45) is 0 Å². The van der Waals surface area contributed by atoms with Crippen LogP contribution in [0.1, 0.15) is 32.7 Å². The van der Waals surface area contributed by atoms with Crippen molar-refractivity contribution < 1.29 is 19.2 Å². The summed E-state index contributed by atoms with van der Waals surface area (Å²) in [6.45, 7) is 4.76. The maximum atomic E-state index is 13.6. The smallest absolute Gasteiger partial charge is 0.305 e. The molecule has 4 rings (SSSR count). The van der Waals surface area contributed by atoms with Crippen LogP contribution in [0.2, 0.25) is 0 Å². The highest BCUT2D eigenvalue weighted by Gasteiger charge is 2.30. The first-order chi connectivity index (χ1) is 20.2. The van der Waals surface area contributed by atoms with Crippen LogP contribution in [0.5, 0.6) is 0 Å². The molecule has 2 N–H and O–H groups in total. The standard InChI is InChI=1S/C30H37N7O5/c1-21-9-10-23(36(27-20-32-15-18-42-27)30(39)22-11-13-31-14-12-22)19-25(21)33-29(38)24-7-5-8-26(28(24)37(40)41)35(4)17-6-16-34(2)3/h5,7-14,19,27,32H,6,15-18,20H2,1-4H3,(H,33,38). The summed E-state index contributed by atoms with van der Waals surface area (Å²) in [7, 11) is 5.72. The number of aromatic nitrogens is 1. The quantitative estimate of drug-likeness (QED) is 0.260. The van der Waals surface area contributed by atoms with E-state index in [1.54, 1.807) is 71.7 Å². The molecular formula is C30H37N7O5. The average molecular weight is 576 g/mol. The van der Waals surface area contributed by atoms with Crippen molar-refractivity contribution in [3.8, 4) is 0 Å². The van der Waals surface area contributed by atoms with E-state index in [0.717, 1.165) is 18.5 Å². The van der Waals surface area contributed by atoms with E-state index in [1.165, 1.54) is 6.07 Å². The van der Waals surface area contributed by atoms with Gasteiger partial charge in [-0.3, -0.25) is 29.6 Å². The molecule has 0 spiro atoms. The van der Waals surface area contributed by atoms with Crippen LogP contribution in [0.4, 0.5) is 22.7 Å². The van der Waals surface area contributed by atoms with Crippen molar-refractivity contribution in [1.29, 1.82) is 0 Å². The second kappa shape index (κ2) is 14.0. The summed E-state index contributed by atoms with van der Waals surface area (Å²) in [5.41, 5.74) is 2.16. The number of carbonyl (C=O) groups excluding carboxylic acids is 2. The Morgan fingerprint density at radius 1 is 1.12 bits per heavy atom. The molecule has 2 heterocycles. The number of pyridine rings is 1. The number of hydrogen-bond donors (Lipinski definition) is 2. The zero-order valence-corrected chi connectivity index (χ0v) is 24.4. The fourth-order valence-electron chi connectivity index (χ4n) is 4.81. The summed E-state index contributed by atoms with van der Waals surface area (Å²) in [4.78, 5) is 48.3. The van der Waals surface area contributed by atoms with Gasteiger partial charge >= 0.3 is 5.69 Å². The largest absolute Gasteiger partial charge is 0.369 e. The molecule has 12 heteroatoms. The molecule has 1 saturated heterocycles. The third-order valence-electron chi connectivity index (χ3n) is 7.04. The van der Waals surface area contributed by atoms with Crippen LogP contribution in [0.3, 0.4) is 0 Å². The van der Waals surface area contributed by atoms with E-state index >= 15 is 0 Å². The molecule has 42 heavy (non-hydrogen) atoms. The van der Waals surface area contributed by atoms with Gasteiger partial charge in [0.1, 0.15) is 17.5 Å². The SMILES string of the molecule is Cc1ccc(N(C(=O)c2ccncc2)C2CNCCO2)cc1NC(=O)c1cccc(N(C)CCCN(C)C)c1[N+](=O)[O-]. The normalized spacial score (nSPS) is 14.8. The summed E-state index contributed by atoms with van der Waals surface area (Å²) in [6.07, 6.45) is 3.32. The Morgan fingerprint density at radius 2 is 1.88 bits per heavy atom. The highest BCUT2D eigenvalue weighted by molar-refractivity contribution is 6.10. The first-order valence-electron chi connectivity index (χ1n) is 13.8. The lowest BCUT2D eigenvalue weighted by molar-refractivity contribution is -0.384. The van der Waals surface area contributed by atoms with Gasteiger partial charge in [0.05, 0.1) is 11.5 Å². The molecule has 0 saturated carbocycles. The van der Waals surface area contributed by atoms with Crippen LogP contribution in [-0.2, 0) is 4.74 Å². The van der Waals surface area contributed by atoms with Gasteiger partial charge in [0, 0.05) is 56.0 Å². The Hall–Kier alpha value is -4.39. The zero-order chi connectivity index (χ0) is 30.2. The minimum Gasteiger partial charge on any atom is -0.369 e. The first-order valence-corrected chi connectivity index (χ1v) is 13.8. The molecule has 1 aliphatic rings. The third-order valence-corrected chi connectivity index (χ3v) is 7.04. The number of morpholine rings is 1. The number of benzene rings is 2. The van der Waals surface area contributed by atoms with Crippen LogP contribution in [0, 0.1) is 17.0 Å². The lowest BCUT2D eigenvalue weighted by atomic mass is 10.1. The minimum atomic E-state index is -0.618. The highest BCUT2D eigenvalue weighted by atomic mass is 16.6. The van der Waals surface area contributed by atoms with Gasteiger partial charge in [0.25, 0.3) is 11.8 Å². The van der Waals surface area contributed by atoms with E-state index in [-0.39, 0.29) is 17.2 Å². The number of amides is 2. The lowest BCUT2D eigenvalue weighted by Crippen LogP contribution is -2.52. The van der Waals surface area contributed by atoms with E-state index < -0.39 is 17.1 Å². The number of nitro benzene ring substituents is 1. The summed E-state index contributed by atoms with van der Waals surface area (Å²) in [5, 5.41) is 18.3. The van der Waals surface area contributed by atoms with Crippen LogP contribution >= 0.6 is 0 Å². The van der Waals surface area contributed by atoms with Crippen LogP contribution in [-0.4, -0.2) is 86.8 Å². The number of nitrogens with zero attached hydrogens (tertiary/aromatic N) is 5. The molecule has 2 amide bonds. The Balaban J connectivity index is 1.65. The van der Waals surface area contributed by atoms with E-state index in [9.17, 15) is 19.7 Å². The van der Waals surface area contributed by atoms with E-state index in [4.69, 9.17) is 4.74 Å². The molecule has 0 aliphatic carbocycles. The van der Waals surface area contributed by atoms with Gasteiger partial charge in [-0.05, 0) is 75.9 Å². The molecular weight excluding hydrogens is 538 g/mol. The van der Waals surface area contributed by atoms with Gasteiger partial charge in [0.15, 0.2) is 0 Å². The first kappa shape index (κ1) is 30.6. The number of carbonyl (C=O) groups is 2. The van der Waals surface area contributed by atoms with E-state index in [2.05, 4.69) is 15.6 Å². The number of nitro groups is 1. The molecule has 1 unspecified atom stereocenters. The summed E-state index contributed by atoms with van der Waals surface area (Å²) < 4.78 is 5.93. The number of ether oxygens (including phenoxy) is 1. The number of rotatable bonds is 11. The third kappa shape index (κ3) is 7.27. The molecule has 1 aliphatic heterocycles. The molecule has 1 aromatic heterocycles. The fraction of sp³-hybridized carbons (Fsp3) is 0.367. The van der Waals surface area contributed by atoms with Gasteiger partial charge in [-0.25, -0.2) is 0 Å².